The quantitative estimate of drug-likeness (QED) is 0.385. The molecule has 4 atom stereocenters. The molecular weight excluding hydrogens is 414 g/mol. The Hall–Kier alpha value is -2.15. The molecule has 2 N–H and O–H groups in total. The lowest BCUT2D eigenvalue weighted by molar-refractivity contribution is -0.148. The first kappa shape index (κ1) is 22.1. The number of carbonyl (C=O) groups excluding carboxylic acids is 2. The smallest absolute Gasteiger partial charge is 0.341 e. The lowest BCUT2D eigenvalue weighted by Gasteiger charge is -2.26. The number of hydrogen-bond acceptors (Lipinski definition) is 5. The summed E-state index contributed by atoms with van der Waals surface area (Å²) in [6.45, 7) is 6.06. The number of allylic oxidation sites excluding steroid dienone is 2. The number of carbonyl (C=O) groups is 3. The first-order chi connectivity index (χ1) is 14.8. The van der Waals surface area contributed by atoms with Crippen LogP contribution in [0.4, 0.5) is 5.00 Å². The van der Waals surface area contributed by atoms with Gasteiger partial charge in [-0.05, 0) is 76.7 Å². The molecule has 7 heteroatoms. The van der Waals surface area contributed by atoms with Crippen LogP contribution in [0.3, 0.4) is 0 Å². The third kappa shape index (κ3) is 3.81. The second-order valence-corrected chi connectivity index (χ2v) is 10.2. The molecule has 1 aromatic rings. The van der Waals surface area contributed by atoms with Gasteiger partial charge in [0.25, 0.3) is 0 Å². The summed E-state index contributed by atoms with van der Waals surface area (Å²) < 4.78 is 5.31. The molecule has 2 fully saturated rings. The Labute approximate surface area is 187 Å². The van der Waals surface area contributed by atoms with Crippen LogP contribution in [0.15, 0.2) is 11.1 Å². The van der Waals surface area contributed by atoms with Gasteiger partial charge in [0.1, 0.15) is 5.00 Å². The van der Waals surface area contributed by atoms with E-state index >= 15 is 0 Å². The van der Waals surface area contributed by atoms with Crippen LogP contribution >= 0.6 is 11.3 Å². The molecule has 1 heterocycles. The van der Waals surface area contributed by atoms with Crippen molar-refractivity contribution in [1.29, 1.82) is 0 Å². The number of nitrogens with one attached hydrogen (secondary N) is 1. The van der Waals surface area contributed by atoms with Crippen LogP contribution < -0.4 is 5.32 Å². The average molecular weight is 446 g/mol. The number of aryl methyl sites for hydroxylation is 1. The summed E-state index contributed by atoms with van der Waals surface area (Å²) in [5.41, 5.74) is 3.77. The minimum absolute atomic E-state index is 0.0278. The number of carboxylic acids is 1. The van der Waals surface area contributed by atoms with E-state index in [4.69, 9.17) is 4.74 Å². The molecule has 6 nitrogen and oxygen atoms in total. The number of hydrogen-bond donors (Lipinski definition) is 2. The van der Waals surface area contributed by atoms with Crippen LogP contribution in [0.25, 0.3) is 0 Å². The van der Waals surface area contributed by atoms with Crippen molar-refractivity contribution in [3.63, 3.8) is 0 Å². The number of carboxylic acid groups (broad SMARTS) is 1. The maximum absolute atomic E-state index is 13.5. The van der Waals surface area contributed by atoms with E-state index in [0.717, 1.165) is 66.5 Å². The molecule has 3 aliphatic carbocycles. The van der Waals surface area contributed by atoms with Crippen LogP contribution in [0.1, 0.15) is 73.7 Å². The van der Waals surface area contributed by atoms with Gasteiger partial charge >= 0.3 is 11.9 Å². The van der Waals surface area contributed by atoms with E-state index < -0.39 is 23.8 Å². The largest absolute Gasteiger partial charge is 0.481 e. The first-order valence-electron chi connectivity index (χ1n) is 11.4. The van der Waals surface area contributed by atoms with Crippen molar-refractivity contribution in [3.05, 3.63) is 27.2 Å². The third-order valence-electron chi connectivity index (χ3n) is 7.14. The molecule has 0 spiro atoms. The molecule has 1 amide bonds. The van der Waals surface area contributed by atoms with Crippen molar-refractivity contribution in [1.82, 2.24) is 0 Å². The lowest BCUT2D eigenvalue weighted by Crippen LogP contribution is -2.38. The summed E-state index contributed by atoms with van der Waals surface area (Å²) in [4.78, 5) is 39.5. The first-order valence-corrected chi connectivity index (χ1v) is 12.2. The molecule has 3 aliphatic rings. The van der Waals surface area contributed by atoms with Crippen molar-refractivity contribution in [2.75, 3.05) is 11.9 Å². The summed E-state index contributed by atoms with van der Waals surface area (Å²) in [5.74, 6) is -2.97. The molecule has 1 aromatic heterocycles. The zero-order chi connectivity index (χ0) is 22.3. The van der Waals surface area contributed by atoms with Gasteiger partial charge in [0.15, 0.2) is 0 Å². The van der Waals surface area contributed by atoms with Gasteiger partial charge in [-0.1, -0.05) is 17.6 Å². The Morgan fingerprint density at radius 2 is 1.74 bits per heavy atom. The highest BCUT2D eigenvalue weighted by molar-refractivity contribution is 7.17. The summed E-state index contributed by atoms with van der Waals surface area (Å²) in [5, 5.41) is 13.4. The summed E-state index contributed by atoms with van der Waals surface area (Å²) in [6, 6.07) is 0. The standard InChI is InChI=1S/C24H31NO5S/c1-4-30-24(29)20-13-8-6-5-7-9-16(13)31-22(20)25-21(26)18-14-10-11-15(17(14)12(2)3)19(18)23(27)28/h14-15,18-19H,4-11H2,1-3H3,(H,25,26)(H,27,28)/t14-,15+,18+,19+/m1/s1. The monoisotopic (exact) mass is 445 g/mol. The molecule has 0 aliphatic heterocycles. The highest BCUT2D eigenvalue weighted by atomic mass is 32.1. The number of aliphatic carboxylic acids is 1. The minimum atomic E-state index is -0.904. The molecule has 0 unspecified atom stereocenters. The zero-order valence-corrected chi connectivity index (χ0v) is 19.3. The number of thiophene rings is 1. The Balaban J connectivity index is 1.68. The van der Waals surface area contributed by atoms with Gasteiger partial charge in [-0.25, -0.2) is 4.79 Å². The molecule has 2 bridgehead atoms. The van der Waals surface area contributed by atoms with E-state index in [9.17, 15) is 19.5 Å². The number of fused-ring (bicyclic) bond motifs is 3. The van der Waals surface area contributed by atoms with Gasteiger partial charge in [-0.3, -0.25) is 9.59 Å². The maximum Gasteiger partial charge on any atom is 0.341 e. The summed E-state index contributed by atoms with van der Waals surface area (Å²) in [6.07, 6.45) is 6.59. The van der Waals surface area contributed by atoms with Crippen molar-refractivity contribution >= 4 is 34.2 Å². The fraction of sp³-hybridized carbons (Fsp3) is 0.625. The topological polar surface area (TPSA) is 92.7 Å². The Bertz CT molecular complexity index is 942. The fourth-order valence-corrected chi connectivity index (χ4v) is 7.33. The van der Waals surface area contributed by atoms with E-state index in [2.05, 4.69) is 5.32 Å². The number of amides is 1. The Morgan fingerprint density at radius 1 is 1.06 bits per heavy atom. The van der Waals surface area contributed by atoms with E-state index in [-0.39, 0.29) is 24.3 Å². The molecule has 4 rings (SSSR count). The van der Waals surface area contributed by atoms with Gasteiger partial charge < -0.3 is 15.2 Å². The number of rotatable bonds is 5. The van der Waals surface area contributed by atoms with Gasteiger partial charge in [0.05, 0.1) is 24.0 Å². The molecule has 0 saturated heterocycles. The SMILES string of the molecule is CCOC(=O)c1c(NC(=O)[C@@H]2[C@@H](C(=O)O)[C@H]3CC[C@@H]2C3=C(C)C)sc2c1CCCCC2. The molecular formula is C24H31NO5S. The highest BCUT2D eigenvalue weighted by Crippen LogP contribution is 2.57. The second-order valence-electron chi connectivity index (χ2n) is 9.11. The van der Waals surface area contributed by atoms with E-state index in [0.29, 0.717) is 10.6 Å². The molecule has 0 radical (unpaired) electrons. The van der Waals surface area contributed by atoms with Crippen molar-refractivity contribution < 1.29 is 24.2 Å². The number of ether oxygens (including phenoxy) is 1. The van der Waals surface area contributed by atoms with Crippen LogP contribution in [0, 0.1) is 23.7 Å². The van der Waals surface area contributed by atoms with Gasteiger partial charge in [-0.2, -0.15) is 0 Å². The maximum atomic E-state index is 13.5. The van der Waals surface area contributed by atoms with Crippen molar-refractivity contribution in [3.8, 4) is 0 Å². The average Bonchev–Trinajstić information content (AvgIpc) is 3.32. The zero-order valence-electron chi connectivity index (χ0n) is 18.5. The van der Waals surface area contributed by atoms with Crippen LogP contribution in [-0.4, -0.2) is 29.6 Å². The van der Waals surface area contributed by atoms with Crippen molar-refractivity contribution in [2.45, 2.75) is 65.7 Å². The normalized spacial score (nSPS) is 26.9. The minimum Gasteiger partial charge on any atom is -0.481 e. The van der Waals surface area contributed by atoms with Crippen LogP contribution in [-0.2, 0) is 27.2 Å². The second kappa shape index (κ2) is 8.77. The number of anilines is 1. The van der Waals surface area contributed by atoms with E-state index in [1.54, 1.807) is 6.92 Å². The van der Waals surface area contributed by atoms with Gasteiger partial charge in [-0.15, -0.1) is 11.3 Å². The third-order valence-corrected chi connectivity index (χ3v) is 8.35. The Kier molecular flexibility index (Phi) is 6.24. The summed E-state index contributed by atoms with van der Waals surface area (Å²) in [7, 11) is 0. The lowest BCUT2D eigenvalue weighted by atomic mass is 9.78. The predicted octanol–water partition coefficient (Wildman–Crippen LogP) is 4.83. The summed E-state index contributed by atoms with van der Waals surface area (Å²) >= 11 is 1.46. The Morgan fingerprint density at radius 3 is 2.39 bits per heavy atom. The fourth-order valence-electron chi connectivity index (χ4n) is 6.05. The highest BCUT2D eigenvalue weighted by Gasteiger charge is 2.57. The van der Waals surface area contributed by atoms with Crippen LogP contribution in [0.5, 0.6) is 0 Å². The van der Waals surface area contributed by atoms with E-state index in [1.807, 2.05) is 13.8 Å². The van der Waals surface area contributed by atoms with Gasteiger partial charge in [0, 0.05) is 4.88 Å². The molecule has 31 heavy (non-hydrogen) atoms. The van der Waals surface area contributed by atoms with Crippen LogP contribution in [0.2, 0.25) is 0 Å². The molecule has 168 valence electrons. The van der Waals surface area contributed by atoms with Gasteiger partial charge in [0.2, 0.25) is 5.91 Å². The molecule has 0 aromatic carbocycles. The molecule has 2 saturated carbocycles. The van der Waals surface area contributed by atoms with E-state index in [1.165, 1.54) is 11.3 Å². The predicted molar refractivity (Wildman–Crippen MR) is 119 cm³/mol. The number of esters is 1. The van der Waals surface area contributed by atoms with Crippen molar-refractivity contribution in [2.24, 2.45) is 23.7 Å².